The van der Waals surface area contributed by atoms with Crippen LogP contribution in [0.1, 0.15) is 24.1 Å². The fraction of sp³-hybridized carbons (Fsp3) is 0.200. The van der Waals surface area contributed by atoms with Gasteiger partial charge in [0.1, 0.15) is 18.3 Å². The molecule has 2 atom stereocenters. The second-order valence-electron chi connectivity index (χ2n) is 7.99. The second kappa shape index (κ2) is 9.72. The van der Waals surface area contributed by atoms with Crippen LogP contribution in [0.3, 0.4) is 0 Å². The Morgan fingerprint density at radius 1 is 1.06 bits per heavy atom. The van der Waals surface area contributed by atoms with E-state index in [2.05, 4.69) is 30.8 Å². The lowest BCUT2D eigenvalue weighted by molar-refractivity contribution is -0.118. The van der Waals surface area contributed by atoms with Gasteiger partial charge in [0.05, 0.1) is 13.2 Å². The average Bonchev–Trinajstić information content (AvgIpc) is 3.35. The van der Waals surface area contributed by atoms with Crippen LogP contribution in [0.4, 0.5) is 11.8 Å². The number of pyridine rings is 1. The summed E-state index contributed by atoms with van der Waals surface area (Å²) in [6.07, 6.45) is 1.62. The highest BCUT2D eigenvalue weighted by Gasteiger charge is 2.39. The predicted octanol–water partition coefficient (Wildman–Crippen LogP) is 3.61. The van der Waals surface area contributed by atoms with E-state index < -0.39 is 12.0 Å². The highest BCUT2D eigenvalue weighted by molar-refractivity contribution is 6.10. The number of ether oxygens (including phenoxy) is 2. The van der Waals surface area contributed by atoms with E-state index in [1.54, 1.807) is 43.1 Å². The summed E-state index contributed by atoms with van der Waals surface area (Å²) in [6, 6.07) is 20.2. The third-order valence-corrected chi connectivity index (χ3v) is 5.75. The van der Waals surface area contributed by atoms with Crippen molar-refractivity contribution in [1.29, 1.82) is 0 Å². The largest absolute Gasteiger partial charge is 0.493 e. The Balaban J connectivity index is 1.47. The van der Waals surface area contributed by atoms with E-state index in [-0.39, 0.29) is 5.91 Å². The maximum Gasteiger partial charge on any atom is 0.269 e. The number of aromatic nitrogens is 5. The summed E-state index contributed by atoms with van der Waals surface area (Å²) in [5, 5.41) is 14.8. The normalized spacial score (nSPS) is 16.7. The van der Waals surface area contributed by atoms with Gasteiger partial charge in [0, 0.05) is 11.9 Å². The zero-order valence-corrected chi connectivity index (χ0v) is 19.2. The molecule has 0 spiro atoms. The molecule has 10 heteroatoms. The summed E-state index contributed by atoms with van der Waals surface area (Å²) in [4.78, 5) is 22.1. The molecule has 0 saturated heterocycles. The number of fused-ring (bicyclic) bond motifs is 1. The van der Waals surface area contributed by atoms with Crippen LogP contribution in [0, 0.1) is 5.92 Å². The number of nitrogens with one attached hydrogen (secondary N) is 1. The van der Waals surface area contributed by atoms with Crippen LogP contribution < -0.4 is 14.8 Å². The Bertz CT molecular complexity index is 1360. The van der Waals surface area contributed by atoms with Crippen molar-refractivity contribution in [1.82, 2.24) is 25.2 Å². The molecular weight excluding hydrogens is 446 g/mol. The molecule has 4 aromatic rings. The van der Waals surface area contributed by atoms with Crippen LogP contribution in [0.5, 0.6) is 11.5 Å². The topological polar surface area (TPSA) is 116 Å². The molecule has 0 fully saturated rings. The molecule has 0 radical (unpaired) electrons. The van der Waals surface area contributed by atoms with Crippen LogP contribution in [-0.4, -0.2) is 43.9 Å². The zero-order valence-electron chi connectivity index (χ0n) is 19.2. The maximum atomic E-state index is 13.4. The van der Waals surface area contributed by atoms with Gasteiger partial charge >= 0.3 is 0 Å². The standard InChI is InChI=1S/C25H23N7O3/c1-16-22(24(33)28-21-10-6-7-13-26-21)23(32-25(27-16)29-30-31-32)18-11-12-19(20(14-18)34-2)35-15-17-8-4-3-5-9-17/h3-14,22-23H,15H2,1-2H3,(H,26,28,33). The van der Waals surface area contributed by atoms with Gasteiger partial charge in [-0.1, -0.05) is 47.6 Å². The minimum Gasteiger partial charge on any atom is -0.493 e. The Hall–Kier alpha value is -4.60. The summed E-state index contributed by atoms with van der Waals surface area (Å²) in [7, 11) is 1.58. The first-order valence-electron chi connectivity index (χ1n) is 11.0. The average molecular weight is 470 g/mol. The number of carbonyl (C=O) groups is 1. The van der Waals surface area contributed by atoms with Crippen molar-refractivity contribution in [3.8, 4) is 11.5 Å². The number of benzene rings is 2. The van der Waals surface area contributed by atoms with Crippen molar-refractivity contribution < 1.29 is 14.3 Å². The van der Waals surface area contributed by atoms with Gasteiger partial charge in [-0.15, -0.1) is 0 Å². The van der Waals surface area contributed by atoms with Gasteiger partial charge in [0.15, 0.2) is 11.5 Å². The molecule has 176 valence electrons. The van der Waals surface area contributed by atoms with E-state index >= 15 is 0 Å². The van der Waals surface area contributed by atoms with Gasteiger partial charge < -0.3 is 14.8 Å². The van der Waals surface area contributed by atoms with Crippen molar-refractivity contribution in [2.45, 2.75) is 19.6 Å². The summed E-state index contributed by atoms with van der Waals surface area (Å²) in [6.45, 7) is 2.19. The van der Waals surface area contributed by atoms with Crippen LogP contribution in [-0.2, 0) is 11.4 Å². The number of carbonyl (C=O) groups excluding carboxylic acids is 1. The van der Waals surface area contributed by atoms with E-state index in [1.807, 2.05) is 48.5 Å². The molecule has 0 bridgehead atoms. The lowest BCUT2D eigenvalue weighted by Gasteiger charge is -2.30. The highest BCUT2D eigenvalue weighted by atomic mass is 16.5. The van der Waals surface area contributed by atoms with E-state index in [0.717, 1.165) is 11.1 Å². The van der Waals surface area contributed by atoms with Crippen molar-refractivity contribution in [3.63, 3.8) is 0 Å². The molecule has 1 N–H and O–H groups in total. The smallest absolute Gasteiger partial charge is 0.269 e. The Morgan fingerprint density at radius 3 is 2.66 bits per heavy atom. The third kappa shape index (κ3) is 4.58. The minimum absolute atomic E-state index is 0.264. The van der Waals surface area contributed by atoms with Crippen LogP contribution in [0.15, 0.2) is 77.9 Å². The third-order valence-electron chi connectivity index (χ3n) is 5.75. The van der Waals surface area contributed by atoms with Gasteiger partial charge in [-0.05, 0) is 52.7 Å². The molecule has 3 heterocycles. The van der Waals surface area contributed by atoms with Gasteiger partial charge in [0.25, 0.3) is 5.95 Å². The summed E-state index contributed by atoms with van der Waals surface area (Å²) in [5.41, 5.74) is 2.41. The summed E-state index contributed by atoms with van der Waals surface area (Å²) >= 11 is 0. The fourth-order valence-electron chi connectivity index (χ4n) is 4.07. The van der Waals surface area contributed by atoms with E-state index in [4.69, 9.17) is 9.47 Å². The van der Waals surface area contributed by atoms with Crippen LogP contribution in [0.25, 0.3) is 0 Å². The molecule has 35 heavy (non-hydrogen) atoms. The molecule has 1 amide bonds. The number of amides is 1. The van der Waals surface area contributed by atoms with Crippen molar-refractivity contribution in [2.75, 3.05) is 12.4 Å². The zero-order chi connectivity index (χ0) is 24.2. The van der Waals surface area contributed by atoms with Crippen molar-refractivity contribution in [3.05, 3.63) is 84.1 Å². The Kier molecular flexibility index (Phi) is 6.16. The molecule has 1 aliphatic rings. The minimum atomic E-state index is -0.672. The Morgan fingerprint density at radius 2 is 1.89 bits per heavy atom. The quantitative estimate of drug-likeness (QED) is 0.439. The van der Waals surface area contributed by atoms with E-state index in [0.29, 0.717) is 35.6 Å². The number of hydrogen-bond acceptors (Lipinski definition) is 8. The second-order valence-corrected chi connectivity index (χ2v) is 7.99. The first-order chi connectivity index (χ1) is 17.1. The number of rotatable bonds is 7. The number of hydrogen-bond donors (Lipinski definition) is 1. The molecule has 1 aliphatic heterocycles. The first-order valence-corrected chi connectivity index (χ1v) is 11.0. The summed E-state index contributed by atoms with van der Waals surface area (Å²) in [5.74, 6) is 0.977. The number of aliphatic imine (C=N–C) groups is 1. The molecule has 5 rings (SSSR count). The Labute approximate surface area is 201 Å². The van der Waals surface area contributed by atoms with E-state index in [1.165, 1.54) is 0 Å². The first kappa shape index (κ1) is 22.2. The predicted molar refractivity (Wildman–Crippen MR) is 129 cm³/mol. The van der Waals surface area contributed by atoms with Crippen molar-refractivity contribution >= 4 is 23.4 Å². The maximum absolute atomic E-state index is 13.4. The molecule has 0 aliphatic carbocycles. The number of nitrogens with zero attached hydrogens (tertiary/aromatic N) is 6. The molecule has 2 aromatic carbocycles. The lowest BCUT2D eigenvalue weighted by Crippen LogP contribution is -2.39. The van der Waals surface area contributed by atoms with E-state index in [9.17, 15) is 4.79 Å². The number of anilines is 1. The van der Waals surface area contributed by atoms with Gasteiger partial charge in [-0.25, -0.2) is 14.7 Å². The highest BCUT2D eigenvalue weighted by Crippen LogP contribution is 2.39. The molecule has 2 unspecified atom stereocenters. The van der Waals surface area contributed by atoms with Crippen LogP contribution in [0.2, 0.25) is 0 Å². The monoisotopic (exact) mass is 469 g/mol. The van der Waals surface area contributed by atoms with Crippen molar-refractivity contribution in [2.24, 2.45) is 10.9 Å². The molecular formula is C25H23N7O3. The van der Waals surface area contributed by atoms with Gasteiger partial charge in [0.2, 0.25) is 5.91 Å². The number of methoxy groups -OCH3 is 1. The van der Waals surface area contributed by atoms with Gasteiger partial charge in [-0.2, -0.15) is 0 Å². The fourth-order valence-corrected chi connectivity index (χ4v) is 4.07. The molecule has 10 nitrogen and oxygen atoms in total. The van der Waals surface area contributed by atoms with Gasteiger partial charge in [-0.3, -0.25) is 4.79 Å². The molecule has 0 saturated carbocycles. The SMILES string of the molecule is COc1cc(C2C(C(=O)Nc3ccccn3)C(C)=Nc3nnnn32)ccc1OCc1ccccc1. The lowest BCUT2D eigenvalue weighted by atomic mass is 9.87. The van der Waals surface area contributed by atoms with Crippen LogP contribution >= 0.6 is 0 Å². The number of tetrazole rings is 1. The summed E-state index contributed by atoms with van der Waals surface area (Å²) < 4.78 is 13.2. The molecule has 2 aromatic heterocycles.